The Morgan fingerprint density at radius 2 is 1.31 bits per heavy atom. The van der Waals surface area contributed by atoms with Crippen LogP contribution in [-0.2, 0) is 12.8 Å². The van der Waals surface area contributed by atoms with E-state index >= 15 is 0 Å². The van der Waals surface area contributed by atoms with E-state index in [9.17, 15) is 9.59 Å². The highest BCUT2D eigenvalue weighted by Crippen LogP contribution is 2.20. The first kappa shape index (κ1) is 20.8. The maximum atomic E-state index is 12.4. The summed E-state index contributed by atoms with van der Waals surface area (Å²) >= 11 is 1.13. The van der Waals surface area contributed by atoms with E-state index in [1.807, 2.05) is 12.1 Å². The van der Waals surface area contributed by atoms with Crippen molar-refractivity contribution in [2.45, 2.75) is 52.4 Å². The summed E-state index contributed by atoms with van der Waals surface area (Å²) in [6.45, 7) is 4.25. The molecule has 0 aliphatic heterocycles. The molecular formula is C20H26N6O2S. The Labute approximate surface area is 173 Å². The minimum Gasteiger partial charge on any atom is -0.304 e. The molecule has 0 radical (unpaired) electrons. The molecule has 4 N–H and O–H groups in total. The predicted molar refractivity (Wildman–Crippen MR) is 115 cm³/mol. The van der Waals surface area contributed by atoms with Crippen molar-refractivity contribution in [3.8, 4) is 0 Å². The Kier molecular flexibility index (Phi) is 7.18. The number of H-pyrrole nitrogens is 2. The summed E-state index contributed by atoms with van der Waals surface area (Å²) in [7, 11) is 0. The number of nitrogens with one attached hydrogen (secondary N) is 4. The highest BCUT2D eigenvalue weighted by Gasteiger charge is 2.16. The van der Waals surface area contributed by atoms with Gasteiger partial charge in [0.1, 0.15) is 0 Å². The zero-order valence-corrected chi connectivity index (χ0v) is 17.5. The second-order valence-electron chi connectivity index (χ2n) is 6.84. The van der Waals surface area contributed by atoms with Crippen LogP contribution in [0.1, 0.15) is 70.3 Å². The zero-order valence-electron chi connectivity index (χ0n) is 16.7. The quantitative estimate of drug-likeness (QED) is 0.394. The fourth-order valence-electron chi connectivity index (χ4n) is 2.78. The average Bonchev–Trinajstić information content (AvgIpc) is 3.45. The van der Waals surface area contributed by atoms with Gasteiger partial charge in [0.15, 0.2) is 11.6 Å². The molecule has 29 heavy (non-hydrogen) atoms. The molecule has 9 heteroatoms. The lowest BCUT2D eigenvalue weighted by Crippen LogP contribution is -2.11. The van der Waals surface area contributed by atoms with E-state index in [1.165, 1.54) is 0 Å². The predicted octanol–water partition coefficient (Wildman–Crippen LogP) is 4.38. The molecule has 0 fully saturated rings. The van der Waals surface area contributed by atoms with Crippen LogP contribution < -0.4 is 10.6 Å². The van der Waals surface area contributed by atoms with Crippen molar-refractivity contribution in [3.05, 3.63) is 45.4 Å². The Morgan fingerprint density at radius 3 is 1.72 bits per heavy atom. The third-order valence-corrected chi connectivity index (χ3v) is 5.48. The van der Waals surface area contributed by atoms with Gasteiger partial charge in [-0.25, -0.2) is 0 Å². The number of amides is 2. The molecule has 0 bridgehead atoms. The van der Waals surface area contributed by atoms with Crippen LogP contribution in [0.5, 0.6) is 0 Å². The standard InChI is InChI=1S/C20H26N6O2S/c1-3-5-7-13-11-17(25-23-13)21-19(27)15-9-10-16(29-15)20(28)22-18-12-14(24-26-18)8-6-4-2/h9-12H,3-8H2,1-2H3,(H2,21,23,25,27)(H2,22,24,26,28). The van der Waals surface area contributed by atoms with Gasteiger partial charge in [-0.1, -0.05) is 26.7 Å². The zero-order chi connectivity index (χ0) is 20.6. The van der Waals surface area contributed by atoms with Gasteiger partial charge in [0, 0.05) is 23.5 Å². The molecule has 0 aliphatic rings. The minimum absolute atomic E-state index is 0.288. The minimum atomic E-state index is -0.288. The van der Waals surface area contributed by atoms with Crippen LogP contribution in [0.15, 0.2) is 24.3 Å². The number of unbranched alkanes of at least 4 members (excludes halogenated alkanes) is 2. The summed E-state index contributed by atoms with van der Waals surface area (Å²) in [4.78, 5) is 25.8. The molecule has 2 amide bonds. The van der Waals surface area contributed by atoms with E-state index in [1.54, 1.807) is 12.1 Å². The molecule has 3 heterocycles. The van der Waals surface area contributed by atoms with E-state index < -0.39 is 0 Å². The smallest absolute Gasteiger partial charge is 0.266 e. The number of thiophene rings is 1. The Morgan fingerprint density at radius 1 is 0.862 bits per heavy atom. The third-order valence-electron chi connectivity index (χ3n) is 4.40. The Bertz CT molecular complexity index is 883. The SMILES string of the molecule is CCCCc1cc(NC(=O)c2ccc(C(=O)Nc3cc(CCCC)[nH]n3)s2)n[nH]1. The Hall–Kier alpha value is -2.94. The average molecular weight is 415 g/mol. The topological polar surface area (TPSA) is 116 Å². The summed E-state index contributed by atoms with van der Waals surface area (Å²) in [6, 6.07) is 6.94. The highest BCUT2D eigenvalue weighted by atomic mass is 32.1. The van der Waals surface area contributed by atoms with Gasteiger partial charge in [0.25, 0.3) is 11.8 Å². The summed E-state index contributed by atoms with van der Waals surface area (Å²) in [5.74, 6) is 0.390. The van der Waals surface area contributed by atoms with E-state index in [0.717, 1.165) is 61.2 Å². The number of carbonyl (C=O) groups excluding carboxylic acids is 2. The summed E-state index contributed by atoms with van der Waals surface area (Å²) in [6.07, 6.45) is 6.12. The molecule has 0 saturated carbocycles. The van der Waals surface area contributed by atoms with Crippen LogP contribution in [0.2, 0.25) is 0 Å². The van der Waals surface area contributed by atoms with Crippen molar-refractivity contribution in [3.63, 3.8) is 0 Å². The Balaban J connectivity index is 1.56. The van der Waals surface area contributed by atoms with Crippen LogP contribution in [0.3, 0.4) is 0 Å². The van der Waals surface area contributed by atoms with E-state index in [4.69, 9.17) is 0 Å². The first-order valence-corrected chi connectivity index (χ1v) is 10.7. The number of nitrogens with zero attached hydrogens (tertiary/aromatic N) is 2. The van der Waals surface area contributed by atoms with Gasteiger partial charge < -0.3 is 10.6 Å². The number of hydrogen-bond acceptors (Lipinski definition) is 5. The van der Waals surface area contributed by atoms with Crippen molar-refractivity contribution in [1.29, 1.82) is 0 Å². The maximum Gasteiger partial charge on any atom is 0.266 e. The second kappa shape index (κ2) is 10.0. The maximum absolute atomic E-state index is 12.4. The van der Waals surface area contributed by atoms with Gasteiger partial charge in [0.05, 0.1) is 9.75 Å². The molecule has 3 aromatic heterocycles. The van der Waals surface area contributed by atoms with E-state index in [2.05, 4.69) is 44.9 Å². The van der Waals surface area contributed by atoms with Gasteiger partial charge in [-0.3, -0.25) is 19.8 Å². The number of rotatable bonds is 10. The van der Waals surface area contributed by atoms with E-state index in [0.29, 0.717) is 21.4 Å². The molecule has 154 valence electrons. The van der Waals surface area contributed by atoms with Crippen molar-refractivity contribution in [1.82, 2.24) is 20.4 Å². The number of anilines is 2. The molecule has 0 aliphatic carbocycles. The highest BCUT2D eigenvalue weighted by molar-refractivity contribution is 7.16. The van der Waals surface area contributed by atoms with E-state index in [-0.39, 0.29) is 11.8 Å². The molecule has 3 rings (SSSR count). The van der Waals surface area contributed by atoms with Crippen molar-refractivity contribution >= 4 is 34.8 Å². The lowest BCUT2D eigenvalue weighted by molar-refractivity contribution is 0.102. The number of aromatic amines is 2. The molecule has 0 atom stereocenters. The first-order chi connectivity index (χ1) is 14.1. The van der Waals surface area contributed by atoms with Crippen LogP contribution >= 0.6 is 11.3 Å². The van der Waals surface area contributed by atoms with Crippen molar-refractivity contribution < 1.29 is 9.59 Å². The second-order valence-corrected chi connectivity index (χ2v) is 7.92. The number of aryl methyl sites for hydroxylation is 2. The largest absolute Gasteiger partial charge is 0.304 e. The molecule has 0 spiro atoms. The fraction of sp³-hybridized carbons (Fsp3) is 0.400. The van der Waals surface area contributed by atoms with Crippen LogP contribution in [-0.4, -0.2) is 32.2 Å². The molecule has 0 saturated heterocycles. The third kappa shape index (κ3) is 5.77. The van der Waals surface area contributed by atoms with Gasteiger partial charge >= 0.3 is 0 Å². The molecule has 8 nitrogen and oxygen atoms in total. The summed E-state index contributed by atoms with van der Waals surface area (Å²) < 4.78 is 0. The van der Waals surface area contributed by atoms with Gasteiger partial charge in [0.2, 0.25) is 0 Å². The molecular weight excluding hydrogens is 388 g/mol. The molecule has 3 aromatic rings. The number of carbonyl (C=O) groups is 2. The van der Waals surface area contributed by atoms with Gasteiger partial charge in [-0.15, -0.1) is 11.3 Å². The molecule has 0 unspecified atom stereocenters. The van der Waals surface area contributed by atoms with Crippen LogP contribution in [0.25, 0.3) is 0 Å². The number of hydrogen-bond donors (Lipinski definition) is 4. The van der Waals surface area contributed by atoms with Gasteiger partial charge in [-0.05, 0) is 37.8 Å². The van der Waals surface area contributed by atoms with Crippen molar-refractivity contribution in [2.75, 3.05) is 10.6 Å². The monoisotopic (exact) mass is 414 g/mol. The molecule has 0 aromatic carbocycles. The normalized spacial score (nSPS) is 10.8. The summed E-state index contributed by atoms with van der Waals surface area (Å²) in [5.41, 5.74) is 1.98. The van der Waals surface area contributed by atoms with Gasteiger partial charge in [-0.2, -0.15) is 10.2 Å². The lowest BCUT2D eigenvalue weighted by atomic mass is 10.2. The summed E-state index contributed by atoms with van der Waals surface area (Å²) in [5, 5.41) is 19.6. The van der Waals surface area contributed by atoms with Crippen molar-refractivity contribution in [2.24, 2.45) is 0 Å². The lowest BCUT2D eigenvalue weighted by Gasteiger charge is -1.99. The fourth-order valence-corrected chi connectivity index (χ4v) is 3.58. The first-order valence-electron chi connectivity index (χ1n) is 9.90. The van der Waals surface area contributed by atoms with Crippen LogP contribution in [0.4, 0.5) is 11.6 Å². The number of aromatic nitrogens is 4. The van der Waals surface area contributed by atoms with Crippen LogP contribution in [0, 0.1) is 0 Å².